The van der Waals surface area contributed by atoms with Gasteiger partial charge in [-0.15, -0.1) is 0 Å². The summed E-state index contributed by atoms with van der Waals surface area (Å²) in [5.74, 6) is -3.80. The predicted molar refractivity (Wildman–Crippen MR) is 118 cm³/mol. The minimum Gasteiger partial charge on any atom is -0.481 e. The molecule has 4 unspecified atom stereocenters. The van der Waals surface area contributed by atoms with Gasteiger partial charge in [0.2, 0.25) is 17.7 Å². The molecule has 0 aromatic carbocycles. The summed E-state index contributed by atoms with van der Waals surface area (Å²) in [6.45, 7) is 0.677. The van der Waals surface area contributed by atoms with E-state index in [4.69, 9.17) is 10.2 Å². The van der Waals surface area contributed by atoms with Crippen molar-refractivity contribution in [2.24, 2.45) is 0 Å². The van der Waals surface area contributed by atoms with Crippen molar-refractivity contribution in [3.05, 3.63) is 0 Å². The first kappa shape index (κ1) is 27.0. The summed E-state index contributed by atoms with van der Waals surface area (Å²) < 4.78 is 0. The Morgan fingerprint density at radius 3 is 2.13 bits per heavy atom. The zero-order chi connectivity index (χ0) is 23.4. The molecule has 1 heterocycles. The fraction of sp³-hybridized carbons (Fsp3) is 0.722. The minimum atomic E-state index is -1.26. The highest BCUT2D eigenvalue weighted by molar-refractivity contribution is 7.98. The molecule has 0 aromatic rings. The lowest BCUT2D eigenvalue weighted by Gasteiger charge is -2.24. The van der Waals surface area contributed by atoms with Gasteiger partial charge in [0, 0.05) is 12.2 Å². The number of thiol groups is 1. The third kappa shape index (κ3) is 9.78. The quantitative estimate of drug-likeness (QED) is 0.152. The van der Waals surface area contributed by atoms with Crippen LogP contribution in [0.2, 0.25) is 0 Å². The Labute approximate surface area is 190 Å². The molecule has 0 aromatic heterocycles. The number of hydrogen-bond donors (Lipinski definition) is 7. The van der Waals surface area contributed by atoms with Crippen LogP contribution in [0.15, 0.2) is 0 Å². The van der Waals surface area contributed by atoms with Crippen LogP contribution in [0.3, 0.4) is 0 Å². The highest BCUT2D eigenvalue weighted by Crippen LogP contribution is 2.08. The number of aliphatic carboxylic acids is 2. The fourth-order valence-corrected chi connectivity index (χ4v) is 3.67. The summed E-state index contributed by atoms with van der Waals surface area (Å²) in [5.41, 5.74) is 0. The highest BCUT2D eigenvalue weighted by atomic mass is 32.2. The van der Waals surface area contributed by atoms with Crippen molar-refractivity contribution in [3.63, 3.8) is 0 Å². The van der Waals surface area contributed by atoms with Gasteiger partial charge in [-0.2, -0.15) is 24.4 Å². The van der Waals surface area contributed by atoms with Crippen LogP contribution in [-0.2, 0) is 24.0 Å². The van der Waals surface area contributed by atoms with Crippen LogP contribution in [0.5, 0.6) is 0 Å². The largest absolute Gasteiger partial charge is 0.481 e. The van der Waals surface area contributed by atoms with Gasteiger partial charge >= 0.3 is 11.9 Å². The van der Waals surface area contributed by atoms with Crippen molar-refractivity contribution in [2.45, 2.75) is 56.3 Å². The molecule has 1 aliphatic rings. The molecule has 6 N–H and O–H groups in total. The smallest absolute Gasteiger partial charge is 0.327 e. The second kappa shape index (κ2) is 14.1. The molecule has 4 atom stereocenters. The fourth-order valence-electron chi connectivity index (χ4n) is 2.95. The Morgan fingerprint density at radius 1 is 1.03 bits per heavy atom. The normalized spacial score (nSPS) is 18.5. The van der Waals surface area contributed by atoms with Gasteiger partial charge in [-0.05, 0) is 44.2 Å². The number of carbonyl (C=O) groups excluding carboxylic acids is 3. The van der Waals surface area contributed by atoms with Crippen LogP contribution in [0.4, 0.5) is 0 Å². The molecule has 0 saturated carbocycles. The van der Waals surface area contributed by atoms with Gasteiger partial charge in [-0.1, -0.05) is 0 Å². The SMILES string of the molecule is CSCCC(NC(=O)C(CCC(=O)O)NC(=O)C1CCCN1)C(=O)NC(CS)C(=O)O. The Bertz CT molecular complexity index is 659. The van der Waals surface area contributed by atoms with E-state index >= 15 is 0 Å². The molecular formula is C18H30N4O7S2. The van der Waals surface area contributed by atoms with Crippen LogP contribution in [-0.4, -0.2) is 88.3 Å². The van der Waals surface area contributed by atoms with E-state index in [-0.39, 0.29) is 25.0 Å². The average Bonchev–Trinajstić information content (AvgIpc) is 3.26. The number of nitrogens with one attached hydrogen (secondary N) is 4. The summed E-state index contributed by atoms with van der Waals surface area (Å²) >= 11 is 5.34. The van der Waals surface area contributed by atoms with Gasteiger partial charge in [0.25, 0.3) is 0 Å². The lowest BCUT2D eigenvalue weighted by Crippen LogP contribution is -2.57. The van der Waals surface area contributed by atoms with E-state index in [2.05, 4.69) is 33.9 Å². The Balaban J connectivity index is 2.87. The lowest BCUT2D eigenvalue weighted by molar-refractivity contribution is -0.141. The van der Waals surface area contributed by atoms with Crippen molar-refractivity contribution in [1.82, 2.24) is 21.3 Å². The highest BCUT2D eigenvalue weighted by Gasteiger charge is 2.31. The Kier molecular flexibility index (Phi) is 12.3. The topological polar surface area (TPSA) is 174 Å². The first-order valence-corrected chi connectivity index (χ1v) is 11.9. The van der Waals surface area contributed by atoms with Crippen LogP contribution >= 0.6 is 24.4 Å². The average molecular weight is 479 g/mol. The number of carboxylic acid groups (broad SMARTS) is 2. The second-order valence-electron chi connectivity index (χ2n) is 7.07. The zero-order valence-corrected chi connectivity index (χ0v) is 19.0. The molecule has 11 nitrogen and oxygen atoms in total. The van der Waals surface area contributed by atoms with Crippen LogP contribution in [0, 0.1) is 0 Å². The van der Waals surface area contributed by atoms with Crippen molar-refractivity contribution < 1.29 is 34.2 Å². The first-order chi connectivity index (χ1) is 14.7. The van der Waals surface area contributed by atoms with E-state index in [1.165, 1.54) is 11.8 Å². The number of carbonyl (C=O) groups is 5. The summed E-state index contributed by atoms with van der Waals surface area (Å²) in [5, 5.41) is 28.5. The summed E-state index contributed by atoms with van der Waals surface area (Å²) in [6.07, 6.45) is 2.97. The summed E-state index contributed by atoms with van der Waals surface area (Å²) in [7, 11) is 0. The molecular weight excluding hydrogens is 448 g/mol. The molecule has 0 spiro atoms. The van der Waals surface area contributed by atoms with Crippen LogP contribution < -0.4 is 21.3 Å². The van der Waals surface area contributed by atoms with Gasteiger partial charge in [-0.3, -0.25) is 19.2 Å². The van der Waals surface area contributed by atoms with Gasteiger partial charge < -0.3 is 31.5 Å². The summed E-state index contributed by atoms with van der Waals surface area (Å²) in [6, 6.07) is -3.87. The van der Waals surface area contributed by atoms with Gasteiger partial charge in [0.15, 0.2) is 0 Å². The van der Waals surface area contributed by atoms with Crippen molar-refractivity contribution in [3.8, 4) is 0 Å². The van der Waals surface area contributed by atoms with Gasteiger partial charge in [0.1, 0.15) is 18.1 Å². The number of hydrogen-bond acceptors (Lipinski definition) is 8. The number of thioether (sulfide) groups is 1. The number of carboxylic acids is 2. The molecule has 0 radical (unpaired) electrons. The number of rotatable bonds is 14. The van der Waals surface area contributed by atoms with Crippen molar-refractivity contribution >= 4 is 54.1 Å². The monoisotopic (exact) mass is 478 g/mol. The van der Waals surface area contributed by atoms with E-state index in [0.717, 1.165) is 6.42 Å². The van der Waals surface area contributed by atoms with Crippen molar-refractivity contribution in [1.29, 1.82) is 0 Å². The summed E-state index contributed by atoms with van der Waals surface area (Å²) in [4.78, 5) is 59.9. The number of amides is 3. The minimum absolute atomic E-state index is 0.129. The molecule has 1 aliphatic heterocycles. The van der Waals surface area contributed by atoms with Gasteiger partial charge in [-0.25, -0.2) is 4.79 Å². The maximum Gasteiger partial charge on any atom is 0.327 e. The predicted octanol–water partition coefficient (Wildman–Crippen LogP) is -1.17. The Hall–Kier alpha value is -1.99. The molecule has 1 rings (SSSR count). The molecule has 0 aliphatic carbocycles. The molecule has 1 saturated heterocycles. The van der Waals surface area contributed by atoms with E-state index in [1.54, 1.807) is 0 Å². The molecule has 3 amide bonds. The maximum absolute atomic E-state index is 12.8. The third-order valence-corrected chi connectivity index (χ3v) is 5.71. The third-order valence-electron chi connectivity index (χ3n) is 4.70. The molecule has 31 heavy (non-hydrogen) atoms. The second-order valence-corrected chi connectivity index (χ2v) is 8.42. The Morgan fingerprint density at radius 2 is 1.65 bits per heavy atom. The molecule has 1 fully saturated rings. The van der Waals surface area contributed by atoms with Gasteiger partial charge in [0.05, 0.1) is 6.04 Å². The zero-order valence-electron chi connectivity index (χ0n) is 17.3. The van der Waals surface area contributed by atoms with E-state index in [0.29, 0.717) is 18.7 Å². The molecule has 13 heteroatoms. The van der Waals surface area contributed by atoms with E-state index in [9.17, 15) is 24.0 Å². The standard InChI is InChI=1S/C18H30N4O7S2/c1-31-8-6-12(17(27)22-13(9-30)18(28)29)21-16(26)11(4-5-14(23)24)20-15(25)10-3-2-7-19-10/h10-13,19,30H,2-9H2,1H3,(H,20,25)(H,21,26)(H,22,27)(H,23,24)(H,28,29). The van der Waals surface area contributed by atoms with E-state index in [1.807, 2.05) is 6.26 Å². The molecule has 0 bridgehead atoms. The van der Waals surface area contributed by atoms with E-state index < -0.39 is 53.8 Å². The van der Waals surface area contributed by atoms with Crippen LogP contribution in [0.25, 0.3) is 0 Å². The van der Waals surface area contributed by atoms with Crippen molar-refractivity contribution in [2.75, 3.05) is 24.3 Å². The molecule has 176 valence electrons. The maximum atomic E-state index is 12.8. The van der Waals surface area contributed by atoms with Crippen LogP contribution in [0.1, 0.15) is 32.1 Å². The lowest BCUT2D eigenvalue weighted by atomic mass is 10.1. The first-order valence-electron chi connectivity index (χ1n) is 9.88.